The van der Waals surface area contributed by atoms with Crippen molar-refractivity contribution < 1.29 is 24.2 Å². The Morgan fingerprint density at radius 1 is 1.06 bits per heavy atom. The van der Waals surface area contributed by atoms with Gasteiger partial charge in [0, 0.05) is 13.2 Å². The Kier molecular flexibility index (Phi) is 6.95. The number of imidazole rings is 1. The number of aliphatic hydroxyl groups excluding tert-OH is 1. The highest BCUT2D eigenvalue weighted by molar-refractivity contribution is 6.21. The Morgan fingerprint density at radius 2 is 1.78 bits per heavy atom. The van der Waals surface area contributed by atoms with Gasteiger partial charge in [-0.2, -0.15) is 0 Å². The zero-order valence-electron chi connectivity index (χ0n) is 20.1. The molecule has 0 bridgehead atoms. The molecule has 36 heavy (non-hydrogen) atoms. The molecule has 4 atom stereocenters. The van der Waals surface area contributed by atoms with Gasteiger partial charge < -0.3 is 20.3 Å². The van der Waals surface area contributed by atoms with Gasteiger partial charge in [0.05, 0.1) is 23.6 Å². The van der Waals surface area contributed by atoms with Crippen molar-refractivity contribution in [1.29, 1.82) is 0 Å². The van der Waals surface area contributed by atoms with Gasteiger partial charge in [-0.15, -0.1) is 0 Å². The highest BCUT2D eigenvalue weighted by atomic mass is 16.6. The maximum absolute atomic E-state index is 12.5. The standard InChI is InChI=1S/C25H30N6O5/c1-2-17-19(32)20(25(36-17)31-14-29-18-21(26)27-13-28-22(18)31)35-12-8-4-3-7-11-30-23(33)15-9-5-6-10-16(15)24(30)34/h5-6,9-10,13-14,17,19-20,25,32H,2-4,7-8,11-12H2,1H3,(H2,26,27,28)/t17-,19?,20+,25-/m1/s1. The summed E-state index contributed by atoms with van der Waals surface area (Å²) in [5.41, 5.74) is 7.87. The number of rotatable bonds is 10. The minimum atomic E-state index is -0.787. The quantitative estimate of drug-likeness (QED) is 0.320. The summed E-state index contributed by atoms with van der Waals surface area (Å²) in [6.07, 6.45) is 4.49. The fraction of sp³-hybridized carbons (Fsp3) is 0.480. The van der Waals surface area contributed by atoms with Gasteiger partial charge in [0.2, 0.25) is 0 Å². The summed E-state index contributed by atoms with van der Waals surface area (Å²) in [6, 6.07) is 6.93. The molecule has 3 aromatic rings. The zero-order chi connectivity index (χ0) is 25.2. The molecule has 2 aliphatic rings. The van der Waals surface area contributed by atoms with E-state index >= 15 is 0 Å². The number of anilines is 1. The van der Waals surface area contributed by atoms with Gasteiger partial charge in [-0.25, -0.2) is 15.0 Å². The summed E-state index contributed by atoms with van der Waals surface area (Å²) in [6.45, 7) is 2.80. The molecule has 3 N–H and O–H groups in total. The van der Waals surface area contributed by atoms with Gasteiger partial charge in [0.15, 0.2) is 17.7 Å². The monoisotopic (exact) mass is 494 g/mol. The van der Waals surface area contributed by atoms with Crippen molar-refractivity contribution in [3.05, 3.63) is 48.0 Å². The number of aliphatic hydroxyl groups is 1. The van der Waals surface area contributed by atoms with Crippen molar-refractivity contribution in [3.8, 4) is 0 Å². The Bertz CT molecular complexity index is 1230. The van der Waals surface area contributed by atoms with E-state index < -0.39 is 18.4 Å². The van der Waals surface area contributed by atoms with Crippen LogP contribution in [0.15, 0.2) is 36.9 Å². The van der Waals surface area contributed by atoms with E-state index in [1.807, 2.05) is 6.92 Å². The minimum Gasteiger partial charge on any atom is -0.388 e. The van der Waals surface area contributed by atoms with Crippen LogP contribution in [0, 0.1) is 0 Å². The molecule has 11 heteroatoms. The zero-order valence-corrected chi connectivity index (χ0v) is 20.1. The predicted octanol–water partition coefficient (Wildman–Crippen LogP) is 2.32. The lowest BCUT2D eigenvalue weighted by Gasteiger charge is -2.22. The lowest BCUT2D eigenvalue weighted by molar-refractivity contribution is -0.0677. The van der Waals surface area contributed by atoms with Crippen molar-refractivity contribution in [3.63, 3.8) is 0 Å². The Hall–Kier alpha value is -3.41. The average Bonchev–Trinajstić information content (AvgIpc) is 3.53. The summed E-state index contributed by atoms with van der Waals surface area (Å²) in [7, 11) is 0. The predicted molar refractivity (Wildman–Crippen MR) is 130 cm³/mol. The van der Waals surface area contributed by atoms with Crippen LogP contribution >= 0.6 is 0 Å². The smallest absolute Gasteiger partial charge is 0.261 e. The van der Waals surface area contributed by atoms with E-state index in [0.29, 0.717) is 41.9 Å². The molecule has 1 unspecified atom stereocenters. The molecule has 0 saturated carbocycles. The van der Waals surface area contributed by atoms with Crippen LogP contribution < -0.4 is 5.73 Å². The number of fused-ring (bicyclic) bond motifs is 2. The third-order valence-electron chi connectivity index (χ3n) is 6.84. The third-order valence-corrected chi connectivity index (χ3v) is 6.84. The Morgan fingerprint density at radius 3 is 2.50 bits per heavy atom. The molecule has 0 spiro atoms. The molecule has 2 aromatic heterocycles. The first kappa shape index (κ1) is 24.3. The van der Waals surface area contributed by atoms with E-state index in [2.05, 4.69) is 15.0 Å². The number of carbonyl (C=O) groups excluding carboxylic acids is 2. The lowest BCUT2D eigenvalue weighted by Crippen LogP contribution is -2.34. The van der Waals surface area contributed by atoms with E-state index in [4.69, 9.17) is 15.2 Å². The highest BCUT2D eigenvalue weighted by Crippen LogP contribution is 2.35. The Balaban J connectivity index is 1.11. The summed E-state index contributed by atoms with van der Waals surface area (Å²) >= 11 is 0. The van der Waals surface area contributed by atoms with E-state index in [1.165, 1.54) is 11.2 Å². The number of nitrogens with zero attached hydrogens (tertiary/aromatic N) is 5. The van der Waals surface area contributed by atoms with Crippen molar-refractivity contribution in [2.45, 2.75) is 63.6 Å². The van der Waals surface area contributed by atoms with Gasteiger partial charge in [0.25, 0.3) is 11.8 Å². The van der Waals surface area contributed by atoms with Gasteiger partial charge in [-0.05, 0) is 31.4 Å². The van der Waals surface area contributed by atoms with Crippen LogP contribution in [0.25, 0.3) is 11.2 Å². The normalized spacial score (nSPS) is 23.7. The number of hydrogen-bond donors (Lipinski definition) is 2. The number of imide groups is 1. The van der Waals surface area contributed by atoms with E-state index in [0.717, 1.165) is 25.7 Å². The largest absolute Gasteiger partial charge is 0.388 e. The van der Waals surface area contributed by atoms with Crippen LogP contribution in [-0.2, 0) is 9.47 Å². The number of aromatic nitrogens is 4. The first-order chi connectivity index (χ1) is 17.5. The molecule has 0 radical (unpaired) electrons. The second-order valence-corrected chi connectivity index (χ2v) is 9.10. The fourth-order valence-electron chi connectivity index (χ4n) is 4.90. The Labute approximate surface area is 208 Å². The van der Waals surface area contributed by atoms with Crippen LogP contribution in [0.1, 0.15) is 66.0 Å². The summed E-state index contributed by atoms with van der Waals surface area (Å²) in [5, 5.41) is 10.8. The highest BCUT2D eigenvalue weighted by Gasteiger charge is 2.45. The van der Waals surface area contributed by atoms with E-state index in [9.17, 15) is 14.7 Å². The first-order valence-corrected chi connectivity index (χ1v) is 12.3. The minimum absolute atomic E-state index is 0.218. The van der Waals surface area contributed by atoms with Crippen LogP contribution in [0.3, 0.4) is 0 Å². The second-order valence-electron chi connectivity index (χ2n) is 9.10. The van der Waals surface area contributed by atoms with E-state index in [1.54, 1.807) is 35.2 Å². The number of amides is 2. The molecule has 1 fully saturated rings. The summed E-state index contributed by atoms with van der Waals surface area (Å²) < 4.78 is 13.9. The maximum Gasteiger partial charge on any atom is 0.261 e. The van der Waals surface area contributed by atoms with Crippen molar-refractivity contribution in [2.24, 2.45) is 0 Å². The van der Waals surface area contributed by atoms with Gasteiger partial charge in [-0.1, -0.05) is 31.9 Å². The molecule has 1 saturated heterocycles. The molecule has 1 aromatic carbocycles. The van der Waals surface area contributed by atoms with Gasteiger partial charge >= 0.3 is 0 Å². The van der Waals surface area contributed by atoms with Crippen LogP contribution in [0.2, 0.25) is 0 Å². The number of nitrogen functional groups attached to an aromatic ring is 1. The average molecular weight is 495 g/mol. The first-order valence-electron chi connectivity index (χ1n) is 12.3. The number of carbonyl (C=O) groups is 2. The summed E-state index contributed by atoms with van der Waals surface area (Å²) in [4.78, 5) is 38.8. The molecule has 5 rings (SSSR count). The molecular formula is C25H30N6O5. The number of ether oxygens (including phenoxy) is 2. The molecule has 2 aliphatic heterocycles. The SMILES string of the molecule is CC[C@H]1O[C@@H](n2cnc3c(N)ncnc32)[C@@H](OCCCCCCN2C(=O)c3ccccc3C2=O)C1O. The van der Waals surface area contributed by atoms with E-state index in [-0.39, 0.29) is 23.7 Å². The molecular weight excluding hydrogens is 464 g/mol. The molecule has 190 valence electrons. The van der Waals surface area contributed by atoms with Crippen molar-refractivity contribution >= 4 is 28.8 Å². The molecule has 0 aliphatic carbocycles. The van der Waals surface area contributed by atoms with Crippen molar-refractivity contribution in [1.82, 2.24) is 24.4 Å². The second kappa shape index (κ2) is 10.3. The van der Waals surface area contributed by atoms with Crippen molar-refractivity contribution in [2.75, 3.05) is 18.9 Å². The van der Waals surface area contributed by atoms with Gasteiger partial charge in [-0.3, -0.25) is 19.1 Å². The van der Waals surface area contributed by atoms with Gasteiger partial charge in [0.1, 0.15) is 24.1 Å². The van der Waals surface area contributed by atoms with Crippen LogP contribution in [0.5, 0.6) is 0 Å². The summed E-state index contributed by atoms with van der Waals surface area (Å²) in [5.74, 6) is -0.155. The molecule has 2 amide bonds. The fourth-order valence-corrected chi connectivity index (χ4v) is 4.90. The topological polar surface area (TPSA) is 146 Å². The van der Waals surface area contributed by atoms with Crippen LogP contribution in [0.4, 0.5) is 5.82 Å². The number of unbranched alkanes of at least 4 members (excludes halogenated alkanes) is 3. The number of hydrogen-bond acceptors (Lipinski definition) is 9. The lowest BCUT2D eigenvalue weighted by atomic mass is 10.1. The van der Waals surface area contributed by atoms with Crippen LogP contribution in [-0.4, -0.2) is 72.8 Å². The maximum atomic E-state index is 12.5. The number of benzene rings is 1. The third kappa shape index (κ3) is 4.34. The molecule has 4 heterocycles. The molecule has 11 nitrogen and oxygen atoms in total. The number of nitrogens with two attached hydrogens (primary N) is 1.